The van der Waals surface area contributed by atoms with Crippen LogP contribution in [0.15, 0.2) is 30.3 Å². The number of imide groups is 1. The number of nitrogens with one attached hydrogen (secondary N) is 2. The van der Waals surface area contributed by atoms with Crippen LogP contribution in [0.25, 0.3) is 0 Å². The molecule has 3 rings (SSSR count). The van der Waals surface area contributed by atoms with E-state index in [4.69, 9.17) is 4.74 Å². The van der Waals surface area contributed by atoms with Crippen molar-refractivity contribution in [2.75, 3.05) is 0 Å². The number of hydrogen-bond acceptors (Lipinski definition) is 4. The Morgan fingerprint density at radius 3 is 2.59 bits per heavy atom. The van der Waals surface area contributed by atoms with E-state index in [1.807, 2.05) is 37.3 Å². The lowest BCUT2D eigenvalue weighted by Gasteiger charge is -2.40. The van der Waals surface area contributed by atoms with Gasteiger partial charge >= 0.3 is 12.0 Å². The molecule has 22 heavy (non-hydrogen) atoms. The second-order valence-electron chi connectivity index (χ2n) is 6.03. The zero-order valence-corrected chi connectivity index (χ0v) is 12.3. The normalized spacial score (nSPS) is 27.8. The molecule has 0 aromatic heterocycles. The SMILES string of the molecule is C[C@@H](Cc1ccccc1)OC(=O)C1CC2(C1)NC(=O)NC2=O. The summed E-state index contributed by atoms with van der Waals surface area (Å²) in [5.74, 6) is -0.982. The zero-order valence-electron chi connectivity index (χ0n) is 12.3. The van der Waals surface area contributed by atoms with E-state index in [-0.39, 0.29) is 23.9 Å². The van der Waals surface area contributed by atoms with Gasteiger partial charge in [-0.2, -0.15) is 0 Å². The minimum absolute atomic E-state index is 0.224. The number of amides is 3. The average molecular weight is 302 g/mol. The van der Waals surface area contributed by atoms with Gasteiger partial charge in [-0.15, -0.1) is 0 Å². The summed E-state index contributed by atoms with van der Waals surface area (Å²) < 4.78 is 5.44. The van der Waals surface area contributed by atoms with Gasteiger partial charge in [-0.3, -0.25) is 14.9 Å². The maximum atomic E-state index is 12.1. The van der Waals surface area contributed by atoms with Crippen LogP contribution in [0, 0.1) is 5.92 Å². The van der Waals surface area contributed by atoms with Gasteiger partial charge in [0.25, 0.3) is 5.91 Å². The van der Waals surface area contributed by atoms with Crippen LogP contribution in [0.5, 0.6) is 0 Å². The summed E-state index contributed by atoms with van der Waals surface area (Å²) >= 11 is 0. The van der Waals surface area contributed by atoms with Gasteiger partial charge in [-0.25, -0.2) is 4.79 Å². The summed E-state index contributed by atoms with van der Waals surface area (Å²) in [5, 5.41) is 4.79. The zero-order chi connectivity index (χ0) is 15.7. The van der Waals surface area contributed by atoms with Crippen molar-refractivity contribution in [1.29, 1.82) is 0 Å². The fourth-order valence-corrected chi connectivity index (χ4v) is 3.05. The number of carbonyl (C=O) groups is 3. The Labute approximate surface area is 128 Å². The van der Waals surface area contributed by atoms with Gasteiger partial charge in [0.15, 0.2) is 0 Å². The number of carbonyl (C=O) groups excluding carboxylic acids is 3. The predicted octanol–water partition coefficient (Wildman–Crippen LogP) is 1.15. The van der Waals surface area contributed by atoms with Crippen molar-refractivity contribution in [3.8, 4) is 0 Å². The summed E-state index contributed by atoms with van der Waals surface area (Å²) in [6.45, 7) is 1.85. The molecule has 0 unspecified atom stereocenters. The van der Waals surface area contributed by atoms with E-state index >= 15 is 0 Å². The third kappa shape index (κ3) is 2.68. The third-order valence-corrected chi connectivity index (χ3v) is 4.22. The van der Waals surface area contributed by atoms with Gasteiger partial charge in [0.05, 0.1) is 5.92 Å². The predicted molar refractivity (Wildman–Crippen MR) is 77.8 cm³/mol. The van der Waals surface area contributed by atoms with Gasteiger partial charge in [0.2, 0.25) is 0 Å². The molecule has 1 saturated carbocycles. The summed E-state index contributed by atoms with van der Waals surface area (Å²) in [7, 11) is 0. The van der Waals surface area contributed by atoms with Crippen molar-refractivity contribution in [2.45, 2.75) is 37.8 Å². The lowest BCUT2D eigenvalue weighted by molar-refractivity contribution is -0.160. The van der Waals surface area contributed by atoms with Crippen LogP contribution in [-0.2, 0) is 20.7 Å². The molecule has 3 amide bonds. The molecular formula is C16H18N2O4. The summed E-state index contributed by atoms with van der Waals surface area (Å²) in [4.78, 5) is 34.9. The third-order valence-electron chi connectivity index (χ3n) is 4.22. The molecule has 1 atom stereocenters. The minimum Gasteiger partial charge on any atom is -0.462 e. The minimum atomic E-state index is -0.899. The number of hydrogen-bond donors (Lipinski definition) is 2. The summed E-state index contributed by atoms with van der Waals surface area (Å²) in [6.07, 6.45) is 1.04. The molecule has 6 heteroatoms. The highest BCUT2D eigenvalue weighted by atomic mass is 16.5. The van der Waals surface area contributed by atoms with Gasteiger partial charge in [-0.1, -0.05) is 30.3 Å². The Balaban J connectivity index is 1.50. The molecule has 1 spiro atoms. The maximum Gasteiger partial charge on any atom is 0.322 e. The molecule has 1 aliphatic carbocycles. The number of urea groups is 1. The Morgan fingerprint density at radius 1 is 1.32 bits per heavy atom. The number of benzene rings is 1. The fraction of sp³-hybridized carbons (Fsp3) is 0.438. The first-order chi connectivity index (χ1) is 10.5. The van der Waals surface area contributed by atoms with E-state index < -0.39 is 11.6 Å². The quantitative estimate of drug-likeness (QED) is 0.645. The van der Waals surface area contributed by atoms with Crippen molar-refractivity contribution in [3.05, 3.63) is 35.9 Å². The highest BCUT2D eigenvalue weighted by molar-refractivity contribution is 6.08. The first-order valence-electron chi connectivity index (χ1n) is 7.36. The molecule has 0 bridgehead atoms. The molecular weight excluding hydrogens is 284 g/mol. The van der Waals surface area contributed by atoms with Crippen LogP contribution >= 0.6 is 0 Å². The molecule has 6 nitrogen and oxygen atoms in total. The number of esters is 1. The lowest BCUT2D eigenvalue weighted by Crippen LogP contribution is -2.59. The van der Waals surface area contributed by atoms with Crippen LogP contribution in [0.2, 0.25) is 0 Å². The Bertz CT molecular complexity index is 608. The standard InChI is InChI=1S/C16H18N2O4/c1-10(7-11-5-3-2-4-6-11)22-13(19)12-8-16(9-12)14(20)17-15(21)18-16/h2-6,10,12H,7-9H2,1H3,(H2,17,18,20,21)/t10-,12?,16?/m0/s1. The molecule has 1 aromatic rings. The van der Waals surface area contributed by atoms with E-state index in [2.05, 4.69) is 10.6 Å². The van der Waals surface area contributed by atoms with Crippen molar-refractivity contribution >= 4 is 17.9 Å². The summed E-state index contributed by atoms with van der Waals surface area (Å²) in [5.41, 5.74) is 0.207. The highest BCUT2D eigenvalue weighted by Crippen LogP contribution is 2.40. The molecule has 1 aromatic carbocycles. The van der Waals surface area contributed by atoms with E-state index in [9.17, 15) is 14.4 Å². The molecule has 0 radical (unpaired) electrons. The second kappa shape index (κ2) is 5.44. The van der Waals surface area contributed by atoms with Crippen molar-refractivity contribution in [1.82, 2.24) is 10.6 Å². The van der Waals surface area contributed by atoms with Crippen molar-refractivity contribution < 1.29 is 19.1 Å². The molecule has 116 valence electrons. The van der Waals surface area contributed by atoms with Crippen molar-refractivity contribution in [3.63, 3.8) is 0 Å². The van der Waals surface area contributed by atoms with Crippen LogP contribution in [-0.4, -0.2) is 29.6 Å². The van der Waals surface area contributed by atoms with Crippen LogP contribution in [0.4, 0.5) is 4.79 Å². The molecule has 1 saturated heterocycles. The van der Waals surface area contributed by atoms with E-state index in [1.165, 1.54) is 0 Å². The van der Waals surface area contributed by atoms with Gasteiger partial charge < -0.3 is 10.1 Å². The molecule has 2 fully saturated rings. The summed E-state index contributed by atoms with van der Waals surface area (Å²) in [6, 6.07) is 9.31. The van der Waals surface area contributed by atoms with E-state index in [1.54, 1.807) is 0 Å². The molecule has 1 aliphatic heterocycles. The number of rotatable bonds is 4. The Hall–Kier alpha value is -2.37. The van der Waals surface area contributed by atoms with Crippen LogP contribution in [0.3, 0.4) is 0 Å². The smallest absolute Gasteiger partial charge is 0.322 e. The molecule has 1 heterocycles. The first kappa shape index (κ1) is 14.6. The Morgan fingerprint density at radius 2 is 2.00 bits per heavy atom. The van der Waals surface area contributed by atoms with E-state index in [0.29, 0.717) is 19.3 Å². The largest absolute Gasteiger partial charge is 0.462 e. The fourth-order valence-electron chi connectivity index (χ4n) is 3.05. The Kier molecular flexibility index (Phi) is 3.60. The van der Waals surface area contributed by atoms with Gasteiger partial charge in [-0.05, 0) is 25.3 Å². The van der Waals surface area contributed by atoms with Gasteiger partial charge in [0.1, 0.15) is 11.6 Å². The topological polar surface area (TPSA) is 84.5 Å². The second-order valence-corrected chi connectivity index (χ2v) is 6.03. The first-order valence-corrected chi connectivity index (χ1v) is 7.36. The van der Waals surface area contributed by atoms with E-state index in [0.717, 1.165) is 5.56 Å². The van der Waals surface area contributed by atoms with Crippen molar-refractivity contribution in [2.24, 2.45) is 5.92 Å². The highest BCUT2D eigenvalue weighted by Gasteiger charge is 2.57. The molecule has 2 aliphatic rings. The van der Waals surface area contributed by atoms with Crippen LogP contribution in [0.1, 0.15) is 25.3 Å². The van der Waals surface area contributed by atoms with Gasteiger partial charge in [0, 0.05) is 6.42 Å². The number of ether oxygens (including phenoxy) is 1. The van der Waals surface area contributed by atoms with Crippen LogP contribution < -0.4 is 10.6 Å². The monoisotopic (exact) mass is 302 g/mol. The lowest BCUT2D eigenvalue weighted by atomic mass is 9.68. The molecule has 2 N–H and O–H groups in total. The maximum absolute atomic E-state index is 12.1. The average Bonchev–Trinajstić information content (AvgIpc) is 2.72.